The van der Waals surface area contributed by atoms with E-state index in [1.807, 2.05) is 12.1 Å². The molecule has 8 rings (SSSR count). The third-order valence-corrected chi connectivity index (χ3v) is 14.1. The summed E-state index contributed by atoms with van der Waals surface area (Å²) < 4.78 is 45.9. The minimum atomic E-state index is -3.90. The van der Waals surface area contributed by atoms with Crippen molar-refractivity contribution in [2.45, 2.75) is 99.2 Å². The van der Waals surface area contributed by atoms with E-state index in [0.717, 1.165) is 55.6 Å². The fourth-order valence-electron chi connectivity index (χ4n) is 9.01. The summed E-state index contributed by atoms with van der Waals surface area (Å²) in [7, 11) is -3.90. The van der Waals surface area contributed by atoms with Crippen LogP contribution in [0.2, 0.25) is 10.0 Å². The summed E-state index contributed by atoms with van der Waals surface area (Å²) in [6.45, 7) is 3.85. The number of nitrogens with one attached hydrogen (secondary N) is 1. The van der Waals surface area contributed by atoms with E-state index in [0.29, 0.717) is 44.1 Å². The van der Waals surface area contributed by atoms with Gasteiger partial charge in [0.2, 0.25) is 10.0 Å². The Bertz CT molecular complexity index is 2050. The van der Waals surface area contributed by atoms with Crippen LogP contribution in [0.25, 0.3) is 11.0 Å². The van der Waals surface area contributed by atoms with Gasteiger partial charge in [-0.15, -0.1) is 0 Å². The summed E-state index contributed by atoms with van der Waals surface area (Å²) >= 11 is 13.1. The molecule has 4 fully saturated rings. The Morgan fingerprint density at radius 2 is 1.68 bits per heavy atom. The topological polar surface area (TPSA) is 87.5 Å². The second-order valence-electron chi connectivity index (χ2n) is 14.7. The quantitative estimate of drug-likeness (QED) is 0.191. The molecule has 1 N–H and O–H groups in total. The molecule has 8 nitrogen and oxygen atoms in total. The lowest BCUT2D eigenvalue weighted by Gasteiger charge is -2.45. The average molecular weight is 739 g/mol. The molecule has 3 aromatic carbocycles. The number of aryl methyl sites for hydroxylation is 1. The number of amides is 1. The molecule has 3 atom stereocenters. The minimum absolute atomic E-state index is 0.00520. The molecule has 264 valence electrons. The molecule has 1 aliphatic carbocycles. The van der Waals surface area contributed by atoms with Gasteiger partial charge in [-0.2, -0.15) is 0 Å². The van der Waals surface area contributed by atoms with E-state index in [1.54, 1.807) is 17.0 Å². The highest BCUT2D eigenvalue weighted by molar-refractivity contribution is 7.89. The van der Waals surface area contributed by atoms with E-state index >= 15 is 0 Å². The van der Waals surface area contributed by atoms with Crippen LogP contribution in [-0.4, -0.2) is 71.4 Å². The number of para-hydroxylation sites is 2. The van der Waals surface area contributed by atoms with Crippen LogP contribution in [0.3, 0.4) is 0 Å². The molecule has 1 amide bonds. The normalized spacial score (nSPS) is 23.8. The van der Waals surface area contributed by atoms with Gasteiger partial charge in [0.05, 0.1) is 26.6 Å². The summed E-state index contributed by atoms with van der Waals surface area (Å²) in [4.78, 5) is 23.1. The predicted octanol–water partition coefficient (Wildman–Crippen LogP) is 7.66. The zero-order chi connectivity index (χ0) is 34.8. The number of sulfonamides is 1. The van der Waals surface area contributed by atoms with Crippen molar-refractivity contribution in [3.05, 3.63) is 93.5 Å². The molecule has 4 aromatic rings. The Hall–Kier alpha value is -3.02. The van der Waals surface area contributed by atoms with Crippen LogP contribution in [0.1, 0.15) is 85.6 Å². The first-order chi connectivity index (χ1) is 24.0. The number of rotatable bonds is 9. The number of hydrogen-bond acceptors (Lipinski definition) is 5. The molecule has 4 aliphatic rings. The van der Waals surface area contributed by atoms with Gasteiger partial charge < -0.3 is 9.47 Å². The van der Waals surface area contributed by atoms with Gasteiger partial charge >= 0.3 is 0 Å². The number of fused-ring (bicyclic) bond motifs is 3. The second kappa shape index (κ2) is 13.2. The van der Waals surface area contributed by atoms with E-state index in [-0.39, 0.29) is 37.8 Å². The number of nitrogens with zero attached hydrogens (tertiary/aromatic N) is 4. The highest BCUT2D eigenvalue weighted by atomic mass is 35.5. The minimum Gasteiger partial charge on any atom is -0.338 e. The van der Waals surface area contributed by atoms with Gasteiger partial charge in [0, 0.05) is 37.3 Å². The Labute approximate surface area is 303 Å². The van der Waals surface area contributed by atoms with Gasteiger partial charge in [-0.25, -0.2) is 22.5 Å². The average Bonchev–Trinajstić information content (AvgIpc) is 3.78. The van der Waals surface area contributed by atoms with Gasteiger partial charge in [0.1, 0.15) is 16.5 Å². The first kappa shape index (κ1) is 34.1. The number of imidazole rings is 1. The summed E-state index contributed by atoms with van der Waals surface area (Å²) in [6.07, 6.45) is 8.21. The van der Waals surface area contributed by atoms with E-state index in [4.69, 9.17) is 28.2 Å². The van der Waals surface area contributed by atoms with E-state index in [1.165, 1.54) is 36.6 Å². The fraction of sp³-hybridized carbons (Fsp3) is 0.474. The molecule has 1 saturated carbocycles. The Morgan fingerprint density at radius 1 is 0.960 bits per heavy atom. The number of likely N-dealkylation sites (tertiary alicyclic amines) is 1. The fourth-order valence-corrected chi connectivity index (χ4v) is 11.2. The molecule has 4 heterocycles. The smallest absolute Gasteiger partial charge is 0.256 e. The number of carbonyl (C=O) groups is 1. The molecular formula is C38H42Cl2FN5O3S. The van der Waals surface area contributed by atoms with Crippen molar-refractivity contribution in [2.24, 2.45) is 0 Å². The van der Waals surface area contributed by atoms with Crippen LogP contribution in [0.5, 0.6) is 0 Å². The maximum absolute atomic E-state index is 14.7. The number of halogens is 3. The number of benzene rings is 3. The van der Waals surface area contributed by atoms with E-state index in [2.05, 4.69) is 39.3 Å². The third-order valence-electron chi connectivity index (χ3n) is 11.7. The summed E-state index contributed by atoms with van der Waals surface area (Å²) in [5.74, 6) is 0.417. The maximum Gasteiger partial charge on any atom is 0.256 e. The highest BCUT2D eigenvalue weighted by Gasteiger charge is 2.45. The number of piperidine rings is 2. The Kier molecular flexibility index (Phi) is 8.99. The van der Waals surface area contributed by atoms with E-state index in [9.17, 15) is 17.6 Å². The van der Waals surface area contributed by atoms with Crippen molar-refractivity contribution in [3.63, 3.8) is 0 Å². The van der Waals surface area contributed by atoms with Crippen LogP contribution in [0, 0.1) is 12.7 Å². The van der Waals surface area contributed by atoms with Crippen molar-refractivity contribution >= 4 is 50.2 Å². The van der Waals surface area contributed by atoms with Gasteiger partial charge in [-0.3, -0.25) is 9.69 Å². The van der Waals surface area contributed by atoms with Crippen molar-refractivity contribution in [2.75, 3.05) is 19.6 Å². The van der Waals surface area contributed by atoms with Gasteiger partial charge in [0.15, 0.2) is 0 Å². The summed E-state index contributed by atoms with van der Waals surface area (Å²) in [5, 5.41) is -0.0412. The van der Waals surface area contributed by atoms with Crippen LogP contribution in [0.15, 0.2) is 65.6 Å². The van der Waals surface area contributed by atoms with Crippen LogP contribution in [0.4, 0.5) is 4.39 Å². The number of carbonyl (C=O) groups excluding carboxylic acids is 1. The zero-order valence-corrected chi connectivity index (χ0v) is 30.5. The molecule has 0 radical (unpaired) electrons. The van der Waals surface area contributed by atoms with Crippen LogP contribution < -0.4 is 4.72 Å². The molecular weight excluding hydrogens is 696 g/mol. The Morgan fingerprint density at radius 3 is 2.38 bits per heavy atom. The van der Waals surface area contributed by atoms with Crippen molar-refractivity contribution < 1.29 is 17.6 Å². The molecule has 3 saturated heterocycles. The Balaban J connectivity index is 0.997. The maximum atomic E-state index is 14.7. The number of aromatic nitrogens is 2. The van der Waals surface area contributed by atoms with Crippen molar-refractivity contribution in [1.29, 1.82) is 0 Å². The molecule has 0 spiro atoms. The van der Waals surface area contributed by atoms with Gasteiger partial charge in [0.25, 0.3) is 5.91 Å². The second-order valence-corrected chi connectivity index (χ2v) is 17.2. The number of hydrogen-bond donors (Lipinski definition) is 1. The largest absolute Gasteiger partial charge is 0.338 e. The van der Waals surface area contributed by atoms with Crippen molar-refractivity contribution in [3.8, 4) is 0 Å². The third kappa shape index (κ3) is 6.25. The summed E-state index contributed by atoms with van der Waals surface area (Å²) in [6, 6.07) is 19.4. The zero-order valence-electron chi connectivity index (χ0n) is 28.1. The lowest BCUT2D eigenvalue weighted by atomic mass is 9.70. The monoisotopic (exact) mass is 737 g/mol. The SMILES string of the molecule is Cc1nc2ccccc2n1[C@H]1C[C@H]2CC[C@@H](C1)N2CCC1(c2cccc(F)c2)CCN(C(=O)c2c(Cl)ccc(S(=O)(=O)NC3CC3)c2Cl)CC1. The molecule has 12 heteroatoms. The van der Waals surface area contributed by atoms with Gasteiger partial charge in [-0.1, -0.05) is 47.5 Å². The predicted molar refractivity (Wildman–Crippen MR) is 194 cm³/mol. The first-order valence-electron chi connectivity index (χ1n) is 17.8. The van der Waals surface area contributed by atoms with Crippen LogP contribution in [-0.2, 0) is 15.4 Å². The summed E-state index contributed by atoms with van der Waals surface area (Å²) in [5.41, 5.74) is 2.90. The first-order valence-corrected chi connectivity index (χ1v) is 20.0. The van der Waals surface area contributed by atoms with Gasteiger partial charge in [-0.05, 0) is 119 Å². The molecule has 2 bridgehead atoms. The standard InChI is InChI=1S/C38H42Cl2FN5O3S/c1-24-42-32-7-2-3-8-33(32)46(24)30-22-28-11-12-29(23-30)45(28)20-17-38(25-5-4-6-26(41)21-25)15-18-44(19-16-38)37(47)35-31(39)13-14-34(36(35)40)50(48,49)43-27-9-10-27/h2-8,13-14,21,27-30,43H,9-12,15-20,22-23H2,1H3/t28-,29+,30+. The molecule has 1 aromatic heterocycles. The lowest BCUT2D eigenvalue weighted by molar-refractivity contribution is 0.0606. The lowest BCUT2D eigenvalue weighted by Crippen LogP contribution is -2.49. The molecule has 3 aliphatic heterocycles. The van der Waals surface area contributed by atoms with E-state index < -0.39 is 15.9 Å². The molecule has 50 heavy (non-hydrogen) atoms. The highest BCUT2D eigenvalue weighted by Crippen LogP contribution is 2.45. The molecule has 0 unspecified atom stereocenters. The van der Waals surface area contributed by atoms with Crippen LogP contribution >= 0.6 is 23.2 Å². The van der Waals surface area contributed by atoms with Crippen molar-refractivity contribution in [1.82, 2.24) is 24.1 Å².